The molecule has 2 bridgehead atoms. The number of rotatable bonds is 7. The highest BCUT2D eigenvalue weighted by molar-refractivity contribution is 5.71. The Morgan fingerprint density at radius 3 is 2.44 bits per heavy atom. The summed E-state index contributed by atoms with van der Waals surface area (Å²) in [6, 6.07) is 0. The first-order chi connectivity index (χ1) is 16.8. The zero-order valence-corrected chi connectivity index (χ0v) is 22.3. The minimum atomic E-state index is -2.11. The molecule has 4 aliphatic rings. The zero-order chi connectivity index (χ0) is 26.8. The number of hydrogen-bond donors (Lipinski definition) is 4. The summed E-state index contributed by atoms with van der Waals surface area (Å²) < 4.78 is 11.8. The van der Waals surface area contributed by atoms with Crippen molar-refractivity contribution < 1.29 is 39.5 Å². The fourth-order valence-corrected chi connectivity index (χ4v) is 8.14. The molecule has 0 aromatic heterocycles. The van der Waals surface area contributed by atoms with E-state index in [9.17, 15) is 30.0 Å². The largest absolute Gasteiger partial charge is 0.458 e. The van der Waals surface area contributed by atoms with Gasteiger partial charge in [0.25, 0.3) is 0 Å². The first-order valence-corrected chi connectivity index (χ1v) is 13.2. The molecule has 0 aromatic carbocycles. The van der Waals surface area contributed by atoms with E-state index in [1.54, 1.807) is 19.1 Å². The van der Waals surface area contributed by atoms with Gasteiger partial charge in [-0.3, -0.25) is 9.59 Å². The predicted octanol–water partition coefficient (Wildman–Crippen LogP) is 2.42. The third kappa shape index (κ3) is 3.40. The number of aliphatic hydroxyl groups excluding tert-OH is 3. The van der Waals surface area contributed by atoms with Crippen LogP contribution < -0.4 is 0 Å². The average Bonchev–Trinajstić information content (AvgIpc) is 3.19. The molecule has 0 aliphatic heterocycles. The minimum Gasteiger partial charge on any atom is -0.458 e. The lowest BCUT2D eigenvalue weighted by molar-refractivity contribution is -0.225. The topological polar surface area (TPSA) is 134 Å². The lowest BCUT2D eigenvalue weighted by atomic mass is 9.58. The summed E-state index contributed by atoms with van der Waals surface area (Å²) in [5, 5.41) is 46.2. The van der Waals surface area contributed by atoms with Crippen LogP contribution in [-0.2, 0) is 19.1 Å². The van der Waals surface area contributed by atoms with Crippen LogP contribution in [0.15, 0.2) is 23.3 Å². The highest BCUT2D eigenvalue weighted by Crippen LogP contribution is 2.76. The van der Waals surface area contributed by atoms with E-state index in [-0.39, 0.29) is 17.5 Å². The Balaban J connectivity index is 1.85. The molecule has 0 aromatic rings. The van der Waals surface area contributed by atoms with E-state index in [1.807, 2.05) is 20.8 Å². The van der Waals surface area contributed by atoms with Crippen molar-refractivity contribution in [2.75, 3.05) is 6.61 Å². The molecule has 8 nitrogen and oxygen atoms in total. The number of ether oxygens (including phenoxy) is 2. The van der Waals surface area contributed by atoms with E-state index in [0.29, 0.717) is 18.4 Å². The van der Waals surface area contributed by atoms with Gasteiger partial charge in [-0.2, -0.15) is 0 Å². The van der Waals surface area contributed by atoms with Crippen LogP contribution in [0.4, 0.5) is 0 Å². The molecule has 0 saturated heterocycles. The Hall–Kier alpha value is -1.74. The van der Waals surface area contributed by atoms with Crippen LogP contribution in [0.1, 0.15) is 73.6 Å². The van der Waals surface area contributed by atoms with E-state index in [1.165, 1.54) is 6.92 Å². The number of carbonyl (C=O) groups excluding carboxylic acids is 2. The second kappa shape index (κ2) is 8.93. The van der Waals surface area contributed by atoms with Crippen molar-refractivity contribution in [3.8, 4) is 0 Å². The molecule has 4 rings (SSSR count). The molecule has 4 aliphatic carbocycles. The number of hydrogen-bond acceptors (Lipinski definition) is 8. The summed E-state index contributed by atoms with van der Waals surface area (Å²) in [7, 11) is 0. The van der Waals surface area contributed by atoms with Crippen LogP contribution in [0.3, 0.4) is 0 Å². The van der Waals surface area contributed by atoms with Gasteiger partial charge in [0.2, 0.25) is 0 Å². The quantitative estimate of drug-likeness (QED) is 0.235. The summed E-state index contributed by atoms with van der Waals surface area (Å²) in [4.78, 5) is 25.0. The van der Waals surface area contributed by atoms with Crippen molar-refractivity contribution in [1.82, 2.24) is 0 Å². The Labute approximate surface area is 213 Å². The second-order valence-electron chi connectivity index (χ2n) is 12.1. The Bertz CT molecular complexity index is 984. The molecule has 2 saturated carbocycles. The van der Waals surface area contributed by atoms with E-state index in [4.69, 9.17) is 9.47 Å². The highest BCUT2D eigenvalue weighted by atomic mass is 16.6. The van der Waals surface area contributed by atoms with Crippen molar-refractivity contribution >= 4 is 11.9 Å². The monoisotopic (exact) mass is 506 g/mol. The van der Waals surface area contributed by atoms with Gasteiger partial charge in [0.1, 0.15) is 17.3 Å². The average molecular weight is 507 g/mol. The van der Waals surface area contributed by atoms with Crippen molar-refractivity contribution in [3.63, 3.8) is 0 Å². The van der Waals surface area contributed by atoms with Gasteiger partial charge >= 0.3 is 11.9 Å². The van der Waals surface area contributed by atoms with Crippen molar-refractivity contribution in [2.24, 2.45) is 28.6 Å². The molecule has 0 amide bonds. The smallest absolute Gasteiger partial charge is 0.306 e. The molecular weight excluding hydrogens is 464 g/mol. The van der Waals surface area contributed by atoms with Crippen LogP contribution in [0.2, 0.25) is 0 Å². The lowest BCUT2D eigenvalue weighted by Gasteiger charge is -2.52. The van der Waals surface area contributed by atoms with Crippen molar-refractivity contribution in [1.29, 1.82) is 0 Å². The van der Waals surface area contributed by atoms with Gasteiger partial charge in [-0.1, -0.05) is 52.7 Å². The maximum absolute atomic E-state index is 13.0. The third-order valence-corrected chi connectivity index (χ3v) is 9.85. The predicted molar refractivity (Wildman–Crippen MR) is 131 cm³/mol. The normalized spacial score (nSPS) is 44.3. The first-order valence-electron chi connectivity index (χ1n) is 13.2. The molecule has 1 unspecified atom stereocenters. The molecule has 4 N–H and O–H groups in total. The van der Waals surface area contributed by atoms with Gasteiger partial charge in [-0.05, 0) is 36.8 Å². The van der Waals surface area contributed by atoms with Gasteiger partial charge < -0.3 is 29.9 Å². The van der Waals surface area contributed by atoms with Crippen LogP contribution in [0, 0.1) is 28.6 Å². The second-order valence-corrected chi connectivity index (χ2v) is 12.1. The molecule has 0 heterocycles. The molecule has 8 heteroatoms. The third-order valence-electron chi connectivity index (χ3n) is 9.85. The van der Waals surface area contributed by atoms with E-state index < -0.39 is 64.8 Å². The molecular formula is C28H42O8. The molecule has 2 fully saturated rings. The summed E-state index contributed by atoms with van der Waals surface area (Å²) in [5.74, 6) is -2.26. The first kappa shape index (κ1) is 27.3. The summed E-state index contributed by atoms with van der Waals surface area (Å²) >= 11 is 0. The van der Waals surface area contributed by atoms with Crippen molar-refractivity contribution in [3.05, 3.63) is 23.3 Å². The standard InChI is InChI=1S/C28H42O8/c1-7-8-9-10-20(31)36-27-13-16(3)26-12-15(2)24(35-17(4)30)28(26,34)22(32)18(14-29)11-19(23(26)33)21(27)25(27,5)6/h11-12,16,19,21-24,29,32-34H,7-10,13-14H2,1-6H3/t16-,19+,21-,22-,23?,24+,26+,27+,28+/m1/s1. The van der Waals surface area contributed by atoms with Crippen LogP contribution >= 0.6 is 0 Å². The number of carbonyl (C=O) groups is 2. The molecule has 1 spiro atoms. The van der Waals surface area contributed by atoms with Gasteiger partial charge in [0.15, 0.2) is 6.10 Å². The molecule has 36 heavy (non-hydrogen) atoms. The summed E-state index contributed by atoms with van der Waals surface area (Å²) in [6.45, 7) is 10.4. The SMILES string of the molecule is CCCCCC(=O)O[C@@]12C[C@@H](C)[C@]34C=C(C)[C@H](OC(C)=O)[C@@]3(O)[C@H](O)C(CO)=C[C@H](C4O)[C@@H]1C2(C)C. The van der Waals surface area contributed by atoms with Crippen molar-refractivity contribution in [2.45, 2.75) is 103 Å². The van der Waals surface area contributed by atoms with E-state index in [0.717, 1.165) is 19.3 Å². The van der Waals surface area contributed by atoms with Crippen LogP contribution in [0.25, 0.3) is 0 Å². The summed E-state index contributed by atoms with van der Waals surface area (Å²) in [5.41, 5.74) is -4.17. The minimum absolute atomic E-state index is 0.156. The fourth-order valence-electron chi connectivity index (χ4n) is 8.14. The maximum Gasteiger partial charge on any atom is 0.306 e. The maximum atomic E-state index is 13.0. The van der Waals surface area contributed by atoms with E-state index in [2.05, 4.69) is 6.92 Å². The Morgan fingerprint density at radius 1 is 1.19 bits per heavy atom. The molecule has 0 radical (unpaired) electrons. The van der Waals surface area contributed by atoms with Crippen LogP contribution in [-0.4, -0.2) is 68.5 Å². The lowest BCUT2D eigenvalue weighted by Crippen LogP contribution is -2.67. The van der Waals surface area contributed by atoms with E-state index >= 15 is 0 Å². The number of aliphatic hydroxyl groups is 4. The van der Waals surface area contributed by atoms with Gasteiger partial charge in [0, 0.05) is 30.6 Å². The van der Waals surface area contributed by atoms with Gasteiger partial charge in [-0.25, -0.2) is 0 Å². The number of unbranched alkanes of at least 4 members (excludes halogenated alkanes) is 2. The van der Waals surface area contributed by atoms with Gasteiger partial charge in [-0.15, -0.1) is 0 Å². The summed E-state index contributed by atoms with van der Waals surface area (Å²) in [6.07, 6.45) is 2.79. The fraction of sp³-hybridized carbons (Fsp3) is 0.786. The molecule has 202 valence electrons. The Kier molecular flexibility index (Phi) is 6.77. The molecule has 9 atom stereocenters. The Morgan fingerprint density at radius 2 is 1.86 bits per heavy atom. The highest BCUT2D eigenvalue weighted by Gasteiger charge is 2.83. The zero-order valence-electron chi connectivity index (χ0n) is 22.3. The van der Waals surface area contributed by atoms with Gasteiger partial charge in [0.05, 0.1) is 18.1 Å². The number of fused-ring (bicyclic) bond motifs is 3. The van der Waals surface area contributed by atoms with Crippen LogP contribution in [0.5, 0.6) is 0 Å². The number of esters is 2.